The molecule has 7 nitrogen and oxygen atoms in total. The van der Waals surface area contributed by atoms with E-state index in [1.807, 2.05) is 36.4 Å². The SMILES string of the molecule is C[C@H](NC(=O)OCC1c2ccccc2-c2ccccc21)C(=O)NC1CC2CC2(C(=O)O)C1. The highest BCUT2D eigenvalue weighted by atomic mass is 16.5. The molecular formula is C25H26N2O5. The Morgan fingerprint density at radius 2 is 1.69 bits per heavy atom. The minimum atomic E-state index is -0.775. The van der Waals surface area contributed by atoms with Crippen LogP contribution >= 0.6 is 0 Å². The molecule has 2 amide bonds. The van der Waals surface area contributed by atoms with Gasteiger partial charge in [-0.15, -0.1) is 0 Å². The fourth-order valence-electron chi connectivity index (χ4n) is 5.47. The summed E-state index contributed by atoms with van der Waals surface area (Å²) in [6, 6.07) is 15.3. The largest absolute Gasteiger partial charge is 0.481 e. The van der Waals surface area contributed by atoms with Crippen LogP contribution in [0.3, 0.4) is 0 Å². The molecule has 32 heavy (non-hydrogen) atoms. The Labute approximate surface area is 186 Å². The van der Waals surface area contributed by atoms with Crippen LogP contribution in [0, 0.1) is 11.3 Å². The molecule has 3 N–H and O–H groups in total. The summed E-state index contributed by atoms with van der Waals surface area (Å²) in [6.07, 6.45) is 1.18. The van der Waals surface area contributed by atoms with Crippen molar-refractivity contribution in [3.63, 3.8) is 0 Å². The summed E-state index contributed by atoms with van der Waals surface area (Å²) >= 11 is 0. The second-order valence-electron chi connectivity index (χ2n) is 9.20. The molecule has 166 valence electrons. The van der Waals surface area contributed by atoms with Crippen LogP contribution in [0.5, 0.6) is 0 Å². The maximum atomic E-state index is 12.5. The molecule has 0 spiro atoms. The lowest BCUT2D eigenvalue weighted by molar-refractivity contribution is -0.143. The number of ether oxygens (including phenoxy) is 1. The zero-order chi connectivity index (χ0) is 22.5. The van der Waals surface area contributed by atoms with Gasteiger partial charge in [0.1, 0.15) is 12.6 Å². The van der Waals surface area contributed by atoms with Crippen molar-refractivity contribution in [2.24, 2.45) is 11.3 Å². The van der Waals surface area contributed by atoms with E-state index in [1.165, 1.54) is 0 Å². The minimum Gasteiger partial charge on any atom is -0.481 e. The van der Waals surface area contributed by atoms with Crippen LogP contribution in [-0.4, -0.2) is 41.8 Å². The lowest BCUT2D eigenvalue weighted by atomic mass is 9.98. The number of carbonyl (C=O) groups is 3. The number of carboxylic acid groups (broad SMARTS) is 1. The highest BCUT2D eigenvalue weighted by molar-refractivity contribution is 5.86. The highest BCUT2D eigenvalue weighted by Crippen LogP contribution is 2.63. The predicted octanol–water partition coefficient (Wildman–Crippen LogP) is 3.28. The number of nitrogens with one attached hydrogen (secondary N) is 2. The molecule has 3 aliphatic carbocycles. The van der Waals surface area contributed by atoms with Gasteiger partial charge in [0.15, 0.2) is 0 Å². The van der Waals surface area contributed by atoms with E-state index in [4.69, 9.17) is 4.74 Å². The van der Waals surface area contributed by atoms with Crippen LogP contribution in [0.25, 0.3) is 11.1 Å². The Bertz CT molecular complexity index is 1050. The van der Waals surface area contributed by atoms with E-state index in [0.717, 1.165) is 22.3 Å². The maximum Gasteiger partial charge on any atom is 0.407 e. The highest BCUT2D eigenvalue weighted by Gasteiger charge is 2.65. The third-order valence-electron chi connectivity index (χ3n) is 7.26. The fourth-order valence-corrected chi connectivity index (χ4v) is 5.47. The molecule has 0 bridgehead atoms. The van der Waals surface area contributed by atoms with Gasteiger partial charge in [-0.1, -0.05) is 48.5 Å². The molecule has 0 saturated heterocycles. The molecule has 0 heterocycles. The van der Waals surface area contributed by atoms with Crippen molar-refractivity contribution in [3.8, 4) is 11.1 Å². The number of alkyl carbamates (subject to hydrolysis) is 1. The summed E-state index contributed by atoms with van der Waals surface area (Å²) in [5.74, 6) is -1.00. The van der Waals surface area contributed by atoms with Gasteiger partial charge in [-0.2, -0.15) is 0 Å². The monoisotopic (exact) mass is 434 g/mol. The molecule has 2 aromatic rings. The summed E-state index contributed by atoms with van der Waals surface area (Å²) in [7, 11) is 0. The van der Waals surface area contributed by atoms with Gasteiger partial charge in [0, 0.05) is 12.0 Å². The first kappa shape index (κ1) is 20.5. The third-order valence-corrected chi connectivity index (χ3v) is 7.26. The first-order valence-corrected chi connectivity index (χ1v) is 11.0. The van der Waals surface area contributed by atoms with Crippen molar-refractivity contribution in [2.45, 2.75) is 44.2 Å². The van der Waals surface area contributed by atoms with Gasteiger partial charge in [-0.05, 0) is 54.4 Å². The van der Waals surface area contributed by atoms with Gasteiger partial charge in [0.05, 0.1) is 5.41 Å². The van der Waals surface area contributed by atoms with Gasteiger partial charge >= 0.3 is 12.1 Å². The first-order chi connectivity index (χ1) is 15.4. The number of rotatable bonds is 6. The van der Waals surface area contributed by atoms with Crippen LogP contribution in [0.2, 0.25) is 0 Å². The maximum absolute atomic E-state index is 12.5. The Morgan fingerprint density at radius 3 is 2.28 bits per heavy atom. The van der Waals surface area contributed by atoms with Crippen LogP contribution in [0.15, 0.2) is 48.5 Å². The van der Waals surface area contributed by atoms with E-state index >= 15 is 0 Å². The molecule has 0 radical (unpaired) electrons. The molecule has 5 rings (SSSR count). The van der Waals surface area contributed by atoms with Crippen LogP contribution < -0.4 is 10.6 Å². The van der Waals surface area contributed by atoms with Crippen molar-refractivity contribution < 1.29 is 24.2 Å². The molecule has 3 unspecified atom stereocenters. The summed E-state index contributed by atoms with van der Waals surface area (Å²) in [4.78, 5) is 36.3. The number of fused-ring (bicyclic) bond motifs is 4. The Morgan fingerprint density at radius 1 is 1.06 bits per heavy atom. The first-order valence-electron chi connectivity index (χ1n) is 11.0. The number of amides is 2. The van der Waals surface area contributed by atoms with Crippen molar-refractivity contribution in [3.05, 3.63) is 59.7 Å². The summed E-state index contributed by atoms with van der Waals surface area (Å²) < 4.78 is 5.49. The van der Waals surface area contributed by atoms with Gasteiger partial charge < -0.3 is 20.5 Å². The van der Waals surface area contributed by atoms with E-state index in [2.05, 4.69) is 22.8 Å². The zero-order valence-electron chi connectivity index (χ0n) is 17.8. The lowest BCUT2D eigenvalue weighted by Crippen LogP contribution is -2.48. The molecule has 3 aliphatic rings. The quantitative estimate of drug-likeness (QED) is 0.647. The van der Waals surface area contributed by atoms with Crippen molar-refractivity contribution in [1.82, 2.24) is 10.6 Å². The summed E-state index contributed by atoms with van der Waals surface area (Å²) in [6.45, 7) is 1.78. The van der Waals surface area contributed by atoms with E-state index in [0.29, 0.717) is 19.3 Å². The van der Waals surface area contributed by atoms with E-state index in [-0.39, 0.29) is 30.4 Å². The number of carboxylic acids is 1. The molecular weight excluding hydrogens is 408 g/mol. The number of benzene rings is 2. The van der Waals surface area contributed by atoms with Gasteiger partial charge in [0.2, 0.25) is 5.91 Å². The molecule has 7 heteroatoms. The average Bonchev–Trinajstić information content (AvgIpc) is 3.21. The Balaban J connectivity index is 1.15. The summed E-state index contributed by atoms with van der Waals surface area (Å²) in [5, 5.41) is 14.8. The Kier molecular flexibility index (Phi) is 4.92. The van der Waals surface area contributed by atoms with Gasteiger partial charge in [-0.3, -0.25) is 9.59 Å². The van der Waals surface area contributed by atoms with Gasteiger partial charge in [0.25, 0.3) is 0 Å². The van der Waals surface area contributed by atoms with Crippen LogP contribution in [-0.2, 0) is 14.3 Å². The smallest absolute Gasteiger partial charge is 0.407 e. The second kappa shape index (κ2) is 7.65. The molecule has 2 aromatic carbocycles. The standard InChI is InChI=1S/C25H26N2O5/c1-14(22(28)27-16-10-15-11-25(15,12-16)23(29)30)26-24(31)32-13-21-19-8-4-2-6-17(19)18-7-3-5-9-20(18)21/h2-9,14-16,21H,10-13H2,1H3,(H,26,31)(H,27,28)(H,29,30)/t14-,15?,16?,25?/m0/s1. The molecule has 0 aliphatic heterocycles. The van der Waals surface area contributed by atoms with Crippen molar-refractivity contribution in [2.75, 3.05) is 6.61 Å². The zero-order valence-corrected chi connectivity index (χ0v) is 17.8. The topological polar surface area (TPSA) is 105 Å². The second-order valence-corrected chi connectivity index (χ2v) is 9.20. The minimum absolute atomic E-state index is 0.0466. The van der Waals surface area contributed by atoms with E-state index in [9.17, 15) is 19.5 Å². The third kappa shape index (κ3) is 3.42. The van der Waals surface area contributed by atoms with Gasteiger partial charge in [-0.25, -0.2) is 4.79 Å². The predicted molar refractivity (Wildman–Crippen MR) is 117 cm³/mol. The van der Waals surface area contributed by atoms with Crippen LogP contribution in [0.1, 0.15) is 43.2 Å². The fraction of sp³-hybridized carbons (Fsp3) is 0.400. The normalized spacial score (nSPS) is 25.8. The number of hydrogen-bond acceptors (Lipinski definition) is 4. The molecule has 2 saturated carbocycles. The van der Waals surface area contributed by atoms with E-state index in [1.54, 1.807) is 6.92 Å². The Hall–Kier alpha value is -3.35. The number of hydrogen-bond donors (Lipinski definition) is 3. The molecule has 0 aromatic heterocycles. The molecule has 4 atom stereocenters. The average molecular weight is 434 g/mol. The van der Waals surface area contributed by atoms with E-state index < -0.39 is 23.5 Å². The summed E-state index contributed by atoms with van der Waals surface area (Å²) in [5.41, 5.74) is 3.90. The van der Waals surface area contributed by atoms with Crippen molar-refractivity contribution >= 4 is 18.0 Å². The number of aliphatic carboxylic acids is 1. The van der Waals surface area contributed by atoms with Crippen LogP contribution in [0.4, 0.5) is 4.79 Å². The molecule has 2 fully saturated rings. The number of carbonyl (C=O) groups excluding carboxylic acids is 2. The lowest BCUT2D eigenvalue weighted by Gasteiger charge is -2.20. The van der Waals surface area contributed by atoms with Crippen molar-refractivity contribution in [1.29, 1.82) is 0 Å².